The number of hydrogen-bond donors (Lipinski definition) is 1. The lowest BCUT2D eigenvalue weighted by Crippen LogP contribution is -2.30. The lowest BCUT2D eigenvalue weighted by molar-refractivity contribution is -0.274. The van der Waals surface area contributed by atoms with E-state index in [-0.39, 0.29) is 5.69 Å². The number of halogens is 3. The molecule has 1 N–H and O–H groups in total. The molecule has 0 radical (unpaired) electrons. The fourth-order valence-corrected chi connectivity index (χ4v) is 2.77. The number of carbonyl (C=O) groups excluding carboxylic acids is 2. The third kappa shape index (κ3) is 5.45. The van der Waals surface area contributed by atoms with Crippen molar-refractivity contribution >= 4 is 28.9 Å². The number of amides is 1. The van der Waals surface area contributed by atoms with Gasteiger partial charge in [-0.3, -0.25) is 4.79 Å². The first-order chi connectivity index (χ1) is 12.0. The SMILES string of the molecule is Cc1nc(C)c(C(=O)O[C@H](C)C(=O)Nc2ccc(OC(F)(F)F)cc2)s1. The number of aromatic nitrogens is 1. The molecule has 1 atom stereocenters. The van der Waals surface area contributed by atoms with Gasteiger partial charge in [-0.15, -0.1) is 24.5 Å². The predicted molar refractivity (Wildman–Crippen MR) is 88.2 cm³/mol. The van der Waals surface area contributed by atoms with E-state index in [1.807, 2.05) is 0 Å². The fourth-order valence-electron chi connectivity index (χ4n) is 1.97. The average Bonchev–Trinajstić information content (AvgIpc) is 2.86. The molecule has 0 fully saturated rings. The molecule has 0 aliphatic heterocycles. The molecule has 0 aliphatic rings. The van der Waals surface area contributed by atoms with Gasteiger partial charge in [0, 0.05) is 5.69 Å². The molecule has 6 nitrogen and oxygen atoms in total. The molecule has 0 saturated carbocycles. The lowest BCUT2D eigenvalue weighted by Gasteiger charge is -2.14. The van der Waals surface area contributed by atoms with E-state index < -0.39 is 30.1 Å². The maximum absolute atomic E-state index is 12.1. The number of hydrogen-bond acceptors (Lipinski definition) is 6. The number of esters is 1. The average molecular weight is 388 g/mol. The minimum atomic E-state index is -4.79. The summed E-state index contributed by atoms with van der Waals surface area (Å²) in [5, 5.41) is 3.14. The standard InChI is InChI=1S/C16H15F3N2O4S/c1-8-13(26-10(3)20-8)15(23)24-9(2)14(22)21-11-4-6-12(7-5-11)25-16(17,18)19/h4-7,9H,1-3H3,(H,21,22)/t9-/m1/s1. The van der Waals surface area contributed by atoms with Gasteiger partial charge in [0.15, 0.2) is 6.10 Å². The number of benzene rings is 1. The highest BCUT2D eigenvalue weighted by Crippen LogP contribution is 2.24. The number of nitrogens with one attached hydrogen (secondary N) is 1. The number of nitrogens with zero attached hydrogens (tertiary/aromatic N) is 1. The first-order valence-corrected chi connectivity index (χ1v) is 8.18. The zero-order valence-electron chi connectivity index (χ0n) is 14.0. The molecule has 2 rings (SSSR count). The molecule has 10 heteroatoms. The highest BCUT2D eigenvalue weighted by molar-refractivity contribution is 7.13. The third-order valence-electron chi connectivity index (χ3n) is 3.10. The summed E-state index contributed by atoms with van der Waals surface area (Å²) in [5.74, 6) is -1.70. The zero-order valence-corrected chi connectivity index (χ0v) is 14.8. The van der Waals surface area contributed by atoms with E-state index >= 15 is 0 Å². The topological polar surface area (TPSA) is 77.5 Å². The van der Waals surface area contributed by atoms with Gasteiger partial charge in [0.25, 0.3) is 5.91 Å². The zero-order chi connectivity index (χ0) is 19.5. The van der Waals surface area contributed by atoms with Crippen molar-refractivity contribution in [2.75, 3.05) is 5.32 Å². The number of thiazole rings is 1. The van der Waals surface area contributed by atoms with Crippen molar-refractivity contribution < 1.29 is 32.2 Å². The molecule has 2 aromatic rings. The van der Waals surface area contributed by atoms with E-state index in [1.165, 1.54) is 19.1 Å². The second-order valence-corrected chi connectivity index (χ2v) is 6.46. The largest absolute Gasteiger partial charge is 0.573 e. The summed E-state index contributed by atoms with van der Waals surface area (Å²) in [7, 11) is 0. The molecule has 0 spiro atoms. The third-order valence-corrected chi connectivity index (χ3v) is 4.15. The smallest absolute Gasteiger partial charge is 0.448 e. The number of alkyl halides is 3. The lowest BCUT2D eigenvalue weighted by atomic mass is 10.3. The molecule has 1 heterocycles. The van der Waals surface area contributed by atoms with Crippen LogP contribution in [-0.4, -0.2) is 29.3 Å². The molecular formula is C16H15F3N2O4S. The van der Waals surface area contributed by atoms with Crippen molar-refractivity contribution in [2.24, 2.45) is 0 Å². The Morgan fingerprint density at radius 3 is 2.31 bits per heavy atom. The van der Waals surface area contributed by atoms with Crippen molar-refractivity contribution in [1.82, 2.24) is 4.98 Å². The summed E-state index contributed by atoms with van der Waals surface area (Å²) in [5.41, 5.74) is 0.752. The Bertz CT molecular complexity index is 803. The van der Waals surface area contributed by atoms with Gasteiger partial charge in [0.1, 0.15) is 10.6 Å². The molecule has 0 aliphatic carbocycles. The van der Waals surface area contributed by atoms with Gasteiger partial charge in [-0.25, -0.2) is 9.78 Å². The highest BCUT2D eigenvalue weighted by Gasteiger charge is 2.31. The van der Waals surface area contributed by atoms with Gasteiger partial charge in [-0.05, 0) is 45.0 Å². The van der Waals surface area contributed by atoms with E-state index in [1.54, 1.807) is 13.8 Å². The first-order valence-electron chi connectivity index (χ1n) is 7.37. The number of anilines is 1. The van der Waals surface area contributed by atoms with Crippen LogP contribution >= 0.6 is 11.3 Å². The maximum Gasteiger partial charge on any atom is 0.573 e. The molecule has 1 amide bonds. The van der Waals surface area contributed by atoms with E-state index in [0.717, 1.165) is 23.5 Å². The summed E-state index contributed by atoms with van der Waals surface area (Å²) in [6, 6.07) is 4.60. The van der Waals surface area contributed by atoms with Gasteiger partial charge >= 0.3 is 12.3 Å². The summed E-state index contributed by atoms with van der Waals surface area (Å²) in [6.45, 7) is 4.80. The summed E-state index contributed by atoms with van der Waals surface area (Å²) < 4.78 is 45.2. The monoisotopic (exact) mass is 388 g/mol. The summed E-state index contributed by atoms with van der Waals surface area (Å²) >= 11 is 1.16. The van der Waals surface area contributed by atoms with Crippen LogP contribution in [0.3, 0.4) is 0 Å². The van der Waals surface area contributed by atoms with E-state index in [4.69, 9.17) is 4.74 Å². The molecule has 140 valence electrons. The molecule has 0 bridgehead atoms. The van der Waals surface area contributed by atoms with Crippen LogP contribution in [0.5, 0.6) is 5.75 Å². The Balaban J connectivity index is 1.94. The van der Waals surface area contributed by atoms with Crippen LogP contribution in [0.2, 0.25) is 0 Å². The number of rotatable bonds is 5. The minimum absolute atomic E-state index is 0.234. The van der Waals surface area contributed by atoms with Crippen molar-refractivity contribution in [3.8, 4) is 5.75 Å². The summed E-state index contributed by atoms with van der Waals surface area (Å²) in [6.07, 6.45) is -5.89. The van der Waals surface area contributed by atoms with E-state index in [0.29, 0.717) is 15.6 Å². The number of carbonyl (C=O) groups is 2. The van der Waals surface area contributed by atoms with Gasteiger partial charge in [-0.2, -0.15) is 0 Å². The Kier molecular flexibility index (Phi) is 5.86. The maximum atomic E-state index is 12.1. The van der Waals surface area contributed by atoms with Gasteiger partial charge in [0.2, 0.25) is 0 Å². The summed E-state index contributed by atoms with van der Waals surface area (Å²) in [4.78, 5) is 28.6. The number of ether oxygens (including phenoxy) is 2. The predicted octanol–water partition coefficient (Wildman–Crippen LogP) is 3.84. The van der Waals surface area contributed by atoms with Gasteiger partial charge < -0.3 is 14.8 Å². The van der Waals surface area contributed by atoms with Gasteiger partial charge in [0.05, 0.1) is 10.7 Å². The molecule has 0 saturated heterocycles. The van der Waals surface area contributed by atoms with Gasteiger partial charge in [-0.1, -0.05) is 0 Å². The molecular weight excluding hydrogens is 373 g/mol. The second-order valence-electron chi connectivity index (χ2n) is 5.26. The Morgan fingerprint density at radius 1 is 1.19 bits per heavy atom. The molecule has 1 aromatic heterocycles. The van der Waals surface area contributed by atoms with E-state index in [9.17, 15) is 22.8 Å². The Hall–Kier alpha value is -2.62. The Labute approximate surface area is 150 Å². The number of aryl methyl sites for hydroxylation is 2. The first kappa shape index (κ1) is 19.7. The normalized spacial score (nSPS) is 12.4. The minimum Gasteiger partial charge on any atom is -0.448 e. The van der Waals surface area contributed by atoms with E-state index in [2.05, 4.69) is 15.0 Å². The van der Waals surface area contributed by atoms with Crippen LogP contribution in [0.25, 0.3) is 0 Å². The van der Waals surface area contributed by atoms with Crippen LogP contribution in [0, 0.1) is 13.8 Å². The Morgan fingerprint density at radius 2 is 1.81 bits per heavy atom. The fraction of sp³-hybridized carbons (Fsp3) is 0.312. The van der Waals surface area contributed by atoms with Crippen LogP contribution in [0.1, 0.15) is 27.3 Å². The van der Waals surface area contributed by atoms with Crippen molar-refractivity contribution in [2.45, 2.75) is 33.2 Å². The quantitative estimate of drug-likeness (QED) is 0.788. The van der Waals surface area contributed by atoms with Crippen molar-refractivity contribution in [3.05, 3.63) is 39.8 Å². The van der Waals surface area contributed by atoms with Crippen LogP contribution in [0.15, 0.2) is 24.3 Å². The molecule has 0 unspecified atom stereocenters. The molecule has 1 aromatic carbocycles. The van der Waals surface area contributed by atoms with Crippen LogP contribution in [-0.2, 0) is 9.53 Å². The van der Waals surface area contributed by atoms with Crippen molar-refractivity contribution in [3.63, 3.8) is 0 Å². The van der Waals surface area contributed by atoms with Crippen LogP contribution in [0.4, 0.5) is 18.9 Å². The molecule has 26 heavy (non-hydrogen) atoms. The van der Waals surface area contributed by atoms with Crippen LogP contribution < -0.4 is 10.1 Å². The van der Waals surface area contributed by atoms with Crippen molar-refractivity contribution in [1.29, 1.82) is 0 Å². The highest BCUT2D eigenvalue weighted by atomic mass is 32.1. The second kappa shape index (κ2) is 7.73.